The lowest BCUT2D eigenvalue weighted by molar-refractivity contribution is -0.187. The fraction of sp³-hybridized carbons (Fsp3) is 0.471. The van der Waals surface area contributed by atoms with E-state index in [1.807, 2.05) is 11.0 Å². The van der Waals surface area contributed by atoms with Crippen molar-refractivity contribution in [3.63, 3.8) is 0 Å². The monoisotopic (exact) mass is 318 g/mol. The van der Waals surface area contributed by atoms with Crippen LogP contribution >= 0.6 is 0 Å². The molecule has 3 heterocycles. The van der Waals surface area contributed by atoms with E-state index in [9.17, 15) is 9.18 Å². The molecule has 1 spiro atoms. The Kier molecular flexibility index (Phi) is 3.58. The van der Waals surface area contributed by atoms with Crippen molar-refractivity contribution in [2.75, 3.05) is 26.3 Å². The summed E-state index contributed by atoms with van der Waals surface area (Å²) in [6.07, 6.45) is 3.32. The first kappa shape index (κ1) is 14.7. The summed E-state index contributed by atoms with van der Waals surface area (Å²) < 4.78 is 25.3. The Balaban J connectivity index is 1.46. The number of H-pyrrole nitrogens is 1. The van der Waals surface area contributed by atoms with E-state index in [1.54, 1.807) is 12.3 Å². The molecule has 1 aromatic carbocycles. The van der Waals surface area contributed by atoms with E-state index < -0.39 is 5.79 Å². The van der Waals surface area contributed by atoms with Crippen LogP contribution in [0.1, 0.15) is 18.4 Å². The lowest BCUT2D eigenvalue weighted by Gasteiger charge is -2.37. The van der Waals surface area contributed by atoms with Crippen molar-refractivity contribution in [2.24, 2.45) is 0 Å². The van der Waals surface area contributed by atoms with Gasteiger partial charge >= 0.3 is 0 Å². The number of amides is 1. The van der Waals surface area contributed by atoms with Crippen LogP contribution in [0.25, 0.3) is 10.9 Å². The van der Waals surface area contributed by atoms with Gasteiger partial charge in [0.25, 0.3) is 0 Å². The highest BCUT2D eigenvalue weighted by atomic mass is 19.1. The van der Waals surface area contributed by atoms with Crippen molar-refractivity contribution in [1.29, 1.82) is 0 Å². The summed E-state index contributed by atoms with van der Waals surface area (Å²) in [5.74, 6) is -0.761. The zero-order chi connectivity index (χ0) is 15.9. The first-order valence-electron chi connectivity index (χ1n) is 7.97. The third-order valence-corrected chi connectivity index (χ3v) is 4.77. The second kappa shape index (κ2) is 5.62. The number of carbonyl (C=O) groups excluding carboxylic acids is 1. The average molecular weight is 318 g/mol. The Morgan fingerprint density at radius 3 is 2.74 bits per heavy atom. The summed E-state index contributed by atoms with van der Waals surface area (Å²) in [5, 5.41) is 0.511. The van der Waals surface area contributed by atoms with Crippen LogP contribution in [-0.4, -0.2) is 47.9 Å². The first-order chi connectivity index (χ1) is 11.2. The predicted octanol–water partition coefficient (Wildman–Crippen LogP) is 2.21. The van der Waals surface area contributed by atoms with E-state index in [4.69, 9.17) is 9.47 Å². The number of rotatable bonds is 2. The number of hydrogen-bond acceptors (Lipinski definition) is 3. The van der Waals surface area contributed by atoms with Gasteiger partial charge in [0.15, 0.2) is 5.79 Å². The maximum absolute atomic E-state index is 14.0. The molecular formula is C17H19FN2O3. The highest BCUT2D eigenvalue weighted by Gasteiger charge is 2.40. The van der Waals surface area contributed by atoms with Gasteiger partial charge in [-0.25, -0.2) is 4.39 Å². The van der Waals surface area contributed by atoms with Crippen LogP contribution in [0.4, 0.5) is 4.39 Å². The van der Waals surface area contributed by atoms with Gasteiger partial charge in [0.2, 0.25) is 5.91 Å². The Hall–Kier alpha value is -1.92. The Morgan fingerprint density at radius 1 is 1.26 bits per heavy atom. The number of halogens is 1. The molecule has 122 valence electrons. The summed E-state index contributed by atoms with van der Waals surface area (Å²) in [5.41, 5.74) is 1.43. The minimum atomic E-state index is -0.482. The zero-order valence-corrected chi connectivity index (χ0v) is 12.8. The molecule has 0 bridgehead atoms. The molecule has 0 radical (unpaired) electrons. The topological polar surface area (TPSA) is 54.6 Å². The number of piperidine rings is 1. The van der Waals surface area contributed by atoms with Crippen LogP contribution in [0, 0.1) is 5.82 Å². The first-order valence-corrected chi connectivity index (χ1v) is 7.97. The molecule has 5 nitrogen and oxygen atoms in total. The van der Waals surface area contributed by atoms with E-state index in [0.29, 0.717) is 50.1 Å². The molecule has 23 heavy (non-hydrogen) atoms. The highest BCUT2D eigenvalue weighted by molar-refractivity contribution is 5.89. The largest absolute Gasteiger partial charge is 0.361 e. The number of aromatic amines is 1. The number of hydrogen-bond donors (Lipinski definition) is 1. The van der Waals surface area contributed by atoms with E-state index in [2.05, 4.69) is 4.98 Å². The quantitative estimate of drug-likeness (QED) is 0.924. The van der Waals surface area contributed by atoms with Crippen molar-refractivity contribution in [2.45, 2.75) is 25.0 Å². The summed E-state index contributed by atoms with van der Waals surface area (Å²) in [6.45, 7) is 2.48. The number of fused-ring (bicyclic) bond motifs is 1. The number of benzene rings is 1. The van der Waals surface area contributed by atoms with Crippen LogP contribution in [0.15, 0.2) is 24.4 Å². The van der Waals surface area contributed by atoms with Gasteiger partial charge in [-0.15, -0.1) is 0 Å². The summed E-state index contributed by atoms with van der Waals surface area (Å²) >= 11 is 0. The Bertz CT molecular complexity index is 727. The molecule has 2 aliphatic rings. The Morgan fingerprint density at radius 2 is 2.00 bits per heavy atom. The summed E-state index contributed by atoms with van der Waals surface area (Å²) in [7, 11) is 0. The minimum Gasteiger partial charge on any atom is -0.361 e. The molecule has 1 aromatic heterocycles. The van der Waals surface area contributed by atoms with Gasteiger partial charge in [0.05, 0.1) is 19.6 Å². The molecule has 0 saturated carbocycles. The van der Waals surface area contributed by atoms with E-state index >= 15 is 0 Å². The van der Waals surface area contributed by atoms with Crippen molar-refractivity contribution in [1.82, 2.24) is 9.88 Å². The van der Waals surface area contributed by atoms with Crippen molar-refractivity contribution in [3.05, 3.63) is 35.8 Å². The number of aromatic nitrogens is 1. The highest BCUT2D eigenvalue weighted by Crippen LogP contribution is 2.31. The van der Waals surface area contributed by atoms with Crippen molar-refractivity contribution < 1.29 is 18.7 Å². The van der Waals surface area contributed by atoms with Gasteiger partial charge in [0, 0.05) is 43.0 Å². The molecule has 2 aliphatic heterocycles. The van der Waals surface area contributed by atoms with Gasteiger partial charge < -0.3 is 19.4 Å². The van der Waals surface area contributed by atoms with Gasteiger partial charge in [-0.2, -0.15) is 0 Å². The molecule has 0 atom stereocenters. The molecule has 0 unspecified atom stereocenters. The standard InChI is InChI=1S/C17H19FN2O3/c18-13-2-1-3-14-16(13)12(11-19-14)10-15(21)20-6-4-17(5-7-20)22-8-9-23-17/h1-3,11,19H,4-10H2. The summed E-state index contributed by atoms with van der Waals surface area (Å²) in [4.78, 5) is 17.4. The lowest BCUT2D eigenvalue weighted by atomic mass is 10.0. The second-order valence-electron chi connectivity index (χ2n) is 6.14. The zero-order valence-electron chi connectivity index (χ0n) is 12.8. The number of likely N-dealkylation sites (tertiary alicyclic amines) is 1. The minimum absolute atomic E-state index is 0.0157. The molecule has 6 heteroatoms. The maximum Gasteiger partial charge on any atom is 0.227 e. The van der Waals surface area contributed by atoms with Gasteiger partial charge in [0.1, 0.15) is 5.82 Å². The van der Waals surface area contributed by atoms with E-state index in [1.165, 1.54) is 6.07 Å². The van der Waals surface area contributed by atoms with Gasteiger partial charge in [-0.05, 0) is 17.7 Å². The fourth-order valence-electron chi connectivity index (χ4n) is 3.50. The number of carbonyl (C=O) groups is 1. The van der Waals surface area contributed by atoms with Crippen molar-refractivity contribution in [3.8, 4) is 0 Å². The van der Waals surface area contributed by atoms with Crippen molar-refractivity contribution >= 4 is 16.8 Å². The van der Waals surface area contributed by atoms with Crippen LogP contribution in [0.2, 0.25) is 0 Å². The average Bonchev–Trinajstić information content (AvgIpc) is 3.17. The fourth-order valence-corrected chi connectivity index (χ4v) is 3.50. The number of nitrogens with zero attached hydrogens (tertiary/aromatic N) is 1. The molecule has 2 saturated heterocycles. The molecular weight excluding hydrogens is 299 g/mol. The normalized spacial score (nSPS) is 20.5. The van der Waals surface area contributed by atoms with Gasteiger partial charge in [-0.3, -0.25) is 4.79 Å². The number of nitrogens with one attached hydrogen (secondary N) is 1. The molecule has 2 fully saturated rings. The third kappa shape index (κ3) is 2.62. The predicted molar refractivity (Wildman–Crippen MR) is 82.4 cm³/mol. The van der Waals surface area contributed by atoms with Gasteiger partial charge in [-0.1, -0.05) is 6.07 Å². The molecule has 1 amide bonds. The Labute approximate surface area is 133 Å². The molecule has 1 N–H and O–H groups in total. The van der Waals surface area contributed by atoms with Crippen LogP contribution < -0.4 is 0 Å². The van der Waals surface area contributed by atoms with Crippen LogP contribution in [0.3, 0.4) is 0 Å². The third-order valence-electron chi connectivity index (χ3n) is 4.77. The maximum atomic E-state index is 14.0. The van der Waals surface area contributed by atoms with Crippen LogP contribution in [-0.2, 0) is 20.7 Å². The lowest BCUT2D eigenvalue weighted by Crippen LogP contribution is -2.47. The second-order valence-corrected chi connectivity index (χ2v) is 6.14. The van der Waals surface area contributed by atoms with E-state index in [0.717, 1.165) is 5.52 Å². The SMILES string of the molecule is O=C(Cc1c[nH]c2cccc(F)c12)N1CCC2(CC1)OCCO2. The molecule has 0 aliphatic carbocycles. The van der Waals surface area contributed by atoms with Crippen LogP contribution in [0.5, 0.6) is 0 Å². The summed E-state index contributed by atoms with van der Waals surface area (Å²) in [6, 6.07) is 4.89. The molecule has 4 rings (SSSR count). The number of ether oxygens (including phenoxy) is 2. The van der Waals surface area contributed by atoms with E-state index in [-0.39, 0.29) is 18.1 Å². The smallest absolute Gasteiger partial charge is 0.227 e. The molecule has 2 aromatic rings.